The molecule has 0 saturated heterocycles. The number of rotatable bonds is 5. The SMILES string of the molecule is CC(CNC(=O)Cn1c(=O)c(=O)n(C)c2ccccc21)c1ccccc1. The minimum Gasteiger partial charge on any atom is -0.354 e. The molecule has 1 aromatic heterocycles. The number of benzene rings is 2. The summed E-state index contributed by atoms with van der Waals surface area (Å²) in [5, 5.41) is 2.85. The van der Waals surface area contributed by atoms with E-state index in [1.165, 1.54) is 9.13 Å². The maximum absolute atomic E-state index is 12.4. The normalized spacial score (nSPS) is 12.1. The molecule has 0 spiro atoms. The molecule has 6 heteroatoms. The van der Waals surface area contributed by atoms with E-state index in [-0.39, 0.29) is 18.4 Å². The van der Waals surface area contributed by atoms with Gasteiger partial charge in [-0.3, -0.25) is 19.0 Å². The molecular weight excluding hydrogens is 330 g/mol. The quantitative estimate of drug-likeness (QED) is 0.710. The lowest BCUT2D eigenvalue weighted by molar-refractivity contribution is -0.121. The molecule has 0 aliphatic rings. The zero-order chi connectivity index (χ0) is 18.7. The lowest BCUT2D eigenvalue weighted by Crippen LogP contribution is -2.43. The molecule has 6 nitrogen and oxygen atoms in total. The van der Waals surface area contributed by atoms with Crippen molar-refractivity contribution in [2.45, 2.75) is 19.4 Å². The minimum absolute atomic E-state index is 0.150. The number of nitrogens with one attached hydrogen (secondary N) is 1. The van der Waals surface area contributed by atoms with Crippen molar-refractivity contribution >= 4 is 16.9 Å². The largest absolute Gasteiger partial charge is 0.354 e. The van der Waals surface area contributed by atoms with Crippen LogP contribution in [0.25, 0.3) is 11.0 Å². The van der Waals surface area contributed by atoms with E-state index in [1.807, 2.05) is 37.3 Å². The first-order chi connectivity index (χ1) is 12.5. The fourth-order valence-electron chi connectivity index (χ4n) is 2.98. The van der Waals surface area contributed by atoms with Crippen molar-refractivity contribution < 1.29 is 4.79 Å². The standard InChI is InChI=1S/C20H21N3O3/c1-14(15-8-4-3-5-9-15)12-21-18(24)13-23-17-11-7-6-10-16(17)22(2)19(25)20(23)26/h3-11,14H,12-13H2,1-2H3,(H,21,24). The number of nitrogens with zero attached hydrogens (tertiary/aromatic N) is 2. The molecule has 0 aliphatic carbocycles. The second-order valence-corrected chi connectivity index (χ2v) is 6.36. The Labute approximate surface area is 150 Å². The second-order valence-electron chi connectivity index (χ2n) is 6.36. The van der Waals surface area contributed by atoms with Gasteiger partial charge in [-0.05, 0) is 23.6 Å². The lowest BCUT2D eigenvalue weighted by Gasteiger charge is -2.15. The predicted octanol–water partition coefficient (Wildman–Crippen LogP) is 1.62. The molecule has 0 radical (unpaired) electrons. The molecule has 1 amide bonds. The van der Waals surface area contributed by atoms with Crippen LogP contribution >= 0.6 is 0 Å². The van der Waals surface area contributed by atoms with Gasteiger partial charge >= 0.3 is 11.1 Å². The van der Waals surface area contributed by atoms with Crippen LogP contribution in [0.1, 0.15) is 18.4 Å². The summed E-state index contributed by atoms with van der Waals surface area (Å²) in [6, 6.07) is 16.9. The zero-order valence-electron chi connectivity index (χ0n) is 14.8. The monoisotopic (exact) mass is 351 g/mol. The van der Waals surface area contributed by atoms with Gasteiger partial charge < -0.3 is 9.88 Å². The highest BCUT2D eigenvalue weighted by Crippen LogP contribution is 2.13. The molecule has 2 aromatic carbocycles. The number of carbonyl (C=O) groups excluding carboxylic acids is 1. The third-order valence-electron chi connectivity index (χ3n) is 4.54. The van der Waals surface area contributed by atoms with E-state index >= 15 is 0 Å². The summed E-state index contributed by atoms with van der Waals surface area (Å²) in [5.74, 6) is -0.148. The molecule has 0 saturated carbocycles. The van der Waals surface area contributed by atoms with E-state index in [0.717, 1.165) is 5.56 Å². The maximum Gasteiger partial charge on any atom is 0.317 e. The van der Waals surface area contributed by atoms with Crippen molar-refractivity contribution in [1.82, 2.24) is 14.5 Å². The van der Waals surface area contributed by atoms with E-state index in [0.29, 0.717) is 17.6 Å². The molecule has 26 heavy (non-hydrogen) atoms. The van der Waals surface area contributed by atoms with E-state index in [1.54, 1.807) is 31.3 Å². The molecule has 1 unspecified atom stereocenters. The lowest BCUT2D eigenvalue weighted by atomic mass is 10.0. The highest BCUT2D eigenvalue weighted by molar-refractivity contribution is 5.80. The fourth-order valence-corrected chi connectivity index (χ4v) is 2.98. The molecule has 1 heterocycles. The highest BCUT2D eigenvalue weighted by Gasteiger charge is 2.14. The Kier molecular flexibility index (Phi) is 5.02. The smallest absolute Gasteiger partial charge is 0.317 e. The summed E-state index contributed by atoms with van der Waals surface area (Å²) in [6.07, 6.45) is 0. The van der Waals surface area contributed by atoms with E-state index in [9.17, 15) is 14.4 Å². The fraction of sp³-hybridized carbons (Fsp3) is 0.250. The third-order valence-corrected chi connectivity index (χ3v) is 4.54. The number of carbonyl (C=O) groups is 1. The van der Waals surface area contributed by atoms with Gasteiger partial charge in [0.2, 0.25) is 5.91 Å². The number of aromatic nitrogens is 2. The van der Waals surface area contributed by atoms with Crippen LogP contribution in [0.4, 0.5) is 0 Å². The number of fused-ring (bicyclic) bond motifs is 1. The molecule has 134 valence electrons. The molecule has 0 bridgehead atoms. The van der Waals surface area contributed by atoms with E-state index < -0.39 is 11.1 Å². The van der Waals surface area contributed by atoms with Crippen molar-refractivity contribution in [2.24, 2.45) is 7.05 Å². The Morgan fingerprint density at radius 1 is 0.962 bits per heavy atom. The summed E-state index contributed by atoms with van der Waals surface area (Å²) in [4.78, 5) is 36.8. The van der Waals surface area contributed by atoms with Crippen LogP contribution in [0, 0.1) is 0 Å². The highest BCUT2D eigenvalue weighted by atomic mass is 16.2. The topological polar surface area (TPSA) is 73.1 Å². The van der Waals surface area contributed by atoms with Crippen LogP contribution < -0.4 is 16.4 Å². The molecule has 1 atom stereocenters. The number of hydrogen-bond acceptors (Lipinski definition) is 3. The summed E-state index contributed by atoms with van der Waals surface area (Å²) in [5.41, 5.74) is 0.962. The van der Waals surface area contributed by atoms with Gasteiger partial charge in [0, 0.05) is 13.6 Å². The number of aryl methyl sites for hydroxylation is 1. The Morgan fingerprint density at radius 3 is 2.27 bits per heavy atom. The maximum atomic E-state index is 12.4. The van der Waals surface area contributed by atoms with E-state index in [4.69, 9.17) is 0 Å². The average Bonchev–Trinajstić information content (AvgIpc) is 2.68. The summed E-state index contributed by atoms with van der Waals surface area (Å²) < 4.78 is 2.55. The van der Waals surface area contributed by atoms with E-state index in [2.05, 4.69) is 5.32 Å². The Morgan fingerprint density at radius 2 is 1.58 bits per heavy atom. The second kappa shape index (κ2) is 7.39. The predicted molar refractivity (Wildman–Crippen MR) is 101 cm³/mol. The Balaban J connectivity index is 1.80. The minimum atomic E-state index is -0.697. The molecular formula is C20H21N3O3. The number of para-hydroxylation sites is 2. The first-order valence-corrected chi connectivity index (χ1v) is 8.49. The number of hydrogen-bond donors (Lipinski definition) is 1. The van der Waals surface area contributed by atoms with Crippen molar-refractivity contribution in [3.8, 4) is 0 Å². The van der Waals surface area contributed by atoms with Crippen molar-refractivity contribution in [3.63, 3.8) is 0 Å². The van der Waals surface area contributed by atoms with Crippen molar-refractivity contribution in [3.05, 3.63) is 80.9 Å². The number of amides is 1. The van der Waals surface area contributed by atoms with Crippen LogP contribution in [0.3, 0.4) is 0 Å². The first kappa shape index (κ1) is 17.7. The van der Waals surface area contributed by atoms with Gasteiger partial charge in [-0.1, -0.05) is 49.4 Å². The third kappa shape index (κ3) is 3.44. The van der Waals surface area contributed by atoms with Crippen LogP contribution in [0.2, 0.25) is 0 Å². The van der Waals surface area contributed by atoms with Crippen molar-refractivity contribution in [2.75, 3.05) is 6.54 Å². The van der Waals surface area contributed by atoms with Crippen LogP contribution in [0.15, 0.2) is 64.2 Å². The van der Waals surface area contributed by atoms with Gasteiger partial charge in [-0.2, -0.15) is 0 Å². The molecule has 0 aliphatic heterocycles. The summed E-state index contributed by atoms with van der Waals surface area (Å²) in [6.45, 7) is 2.30. The summed E-state index contributed by atoms with van der Waals surface area (Å²) >= 11 is 0. The van der Waals surface area contributed by atoms with Crippen LogP contribution in [-0.4, -0.2) is 21.6 Å². The van der Waals surface area contributed by atoms with Crippen LogP contribution in [-0.2, 0) is 18.4 Å². The Bertz CT molecular complexity index is 1050. The Hall–Kier alpha value is -3.15. The van der Waals surface area contributed by atoms with Crippen molar-refractivity contribution in [1.29, 1.82) is 0 Å². The van der Waals surface area contributed by atoms with Gasteiger partial charge in [0.05, 0.1) is 11.0 Å². The molecule has 1 N–H and O–H groups in total. The van der Waals surface area contributed by atoms with Gasteiger partial charge in [-0.25, -0.2) is 0 Å². The van der Waals surface area contributed by atoms with Gasteiger partial charge in [0.1, 0.15) is 6.54 Å². The molecule has 3 aromatic rings. The zero-order valence-corrected chi connectivity index (χ0v) is 14.8. The average molecular weight is 351 g/mol. The van der Waals surface area contributed by atoms with Gasteiger partial charge in [0.25, 0.3) is 0 Å². The molecule has 3 rings (SSSR count). The van der Waals surface area contributed by atoms with Gasteiger partial charge in [0.15, 0.2) is 0 Å². The first-order valence-electron chi connectivity index (χ1n) is 8.49. The summed E-state index contributed by atoms with van der Waals surface area (Å²) in [7, 11) is 1.55. The molecule has 0 fully saturated rings. The van der Waals surface area contributed by atoms with Gasteiger partial charge in [-0.15, -0.1) is 0 Å². The van der Waals surface area contributed by atoms with Crippen LogP contribution in [0.5, 0.6) is 0 Å².